The lowest BCUT2D eigenvalue weighted by molar-refractivity contribution is -0.138. The van der Waals surface area contributed by atoms with Crippen molar-refractivity contribution in [3.05, 3.63) is 52.1 Å². The van der Waals surface area contributed by atoms with Gasteiger partial charge in [0.25, 0.3) is 11.5 Å². The van der Waals surface area contributed by atoms with Gasteiger partial charge in [-0.05, 0) is 30.7 Å². The van der Waals surface area contributed by atoms with Crippen LogP contribution in [0.25, 0.3) is 11.2 Å². The lowest BCUT2D eigenvalue weighted by atomic mass is 10.1. The smallest absolute Gasteiger partial charge is 0.320 e. The molecule has 13 heteroatoms. The molecule has 1 aromatic carbocycles. The number of carbonyl (C=O) groups excluding carboxylic acids is 2. The number of nitrogens with zero attached hydrogens (tertiary/aromatic N) is 3. The predicted octanol–water partition coefficient (Wildman–Crippen LogP) is -0.644. The summed E-state index contributed by atoms with van der Waals surface area (Å²) in [6.45, 7) is 0.251. The van der Waals surface area contributed by atoms with Gasteiger partial charge in [-0.25, -0.2) is 9.97 Å². The van der Waals surface area contributed by atoms with Crippen molar-refractivity contribution in [1.29, 1.82) is 0 Å². The Bertz CT molecular complexity index is 1220. The average Bonchev–Trinajstić information content (AvgIpc) is 2.76. The molecule has 166 valence electrons. The normalized spacial score (nSPS) is 11.7. The Labute approximate surface area is 180 Å². The number of anilines is 2. The number of nitrogens with one attached hydrogen (secondary N) is 3. The summed E-state index contributed by atoms with van der Waals surface area (Å²) in [6, 6.07) is 5.11. The number of carboxylic acid groups (broad SMARTS) is 1. The summed E-state index contributed by atoms with van der Waals surface area (Å²) < 4.78 is 0. The van der Waals surface area contributed by atoms with Crippen LogP contribution in [0.5, 0.6) is 0 Å². The maximum atomic E-state index is 12.1. The zero-order chi connectivity index (χ0) is 23.3. The van der Waals surface area contributed by atoms with Crippen molar-refractivity contribution >= 4 is 40.6 Å². The average molecular weight is 440 g/mol. The van der Waals surface area contributed by atoms with Gasteiger partial charge in [-0.3, -0.25) is 29.5 Å². The van der Waals surface area contributed by atoms with Gasteiger partial charge in [-0.15, -0.1) is 0 Å². The SMILES string of the molecule is Nc1nc2ncc(CNc3ccc(C(=O)NC(=O)CC[C@H](N)C(=O)O)cc3)nc2c(=O)[nH]1. The number of nitrogens with two attached hydrogens (primary N) is 2. The molecule has 3 rings (SSSR count). The van der Waals surface area contributed by atoms with E-state index in [-0.39, 0.29) is 42.1 Å². The number of rotatable bonds is 8. The number of carboxylic acids is 1. The van der Waals surface area contributed by atoms with Crippen LogP contribution in [0.2, 0.25) is 0 Å². The minimum atomic E-state index is -1.21. The molecule has 0 saturated heterocycles. The molecule has 2 aromatic heterocycles. The van der Waals surface area contributed by atoms with E-state index in [2.05, 4.69) is 30.6 Å². The number of aliphatic carboxylic acids is 1. The number of amides is 2. The third-order valence-corrected chi connectivity index (χ3v) is 4.36. The fourth-order valence-electron chi connectivity index (χ4n) is 2.66. The number of H-pyrrole nitrogens is 1. The van der Waals surface area contributed by atoms with E-state index in [4.69, 9.17) is 16.6 Å². The van der Waals surface area contributed by atoms with Gasteiger partial charge < -0.3 is 21.9 Å². The summed E-state index contributed by atoms with van der Waals surface area (Å²) in [5.74, 6) is -2.49. The molecular formula is C19H20N8O5. The molecule has 0 aliphatic heterocycles. The number of benzene rings is 1. The van der Waals surface area contributed by atoms with E-state index in [1.165, 1.54) is 18.3 Å². The van der Waals surface area contributed by atoms with Crippen molar-refractivity contribution in [3.8, 4) is 0 Å². The first-order chi connectivity index (χ1) is 15.2. The summed E-state index contributed by atoms with van der Waals surface area (Å²) in [5.41, 5.74) is 11.9. The summed E-state index contributed by atoms with van der Waals surface area (Å²) in [7, 11) is 0. The molecule has 2 amide bonds. The molecule has 13 nitrogen and oxygen atoms in total. The van der Waals surface area contributed by atoms with Crippen molar-refractivity contribution < 1.29 is 19.5 Å². The van der Waals surface area contributed by atoms with Crippen LogP contribution in [-0.2, 0) is 16.1 Å². The van der Waals surface area contributed by atoms with Gasteiger partial charge in [0.1, 0.15) is 6.04 Å². The molecule has 1 atom stereocenters. The van der Waals surface area contributed by atoms with Crippen molar-refractivity contribution in [3.63, 3.8) is 0 Å². The van der Waals surface area contributed by atoms with Gasteiger partial charge in [-0.2, -0.15) is 4.98 Å². The third kappa shape index (κ3) is 5.60. The van der Waals surface area contributed by atoms with Crippen LogP contribution >= 0.6 is 0 Å². The number of nitrogen functional groups attached to an aromatic ring is 1. The van der Waals surface area contributed by atoms with Gasteiger partial charge in [-0.1, -0.05) is 0 Å². The lowest BCUT2D eigenvalue weighted by Crippen LogP contribution is -2.34. The Morgan fingerprint density at radius 3 is 2.56 bits per heavy atom. The van der Waals surface area contributed by atoms with Crippen molar-refractivity contribution in [2.75, 3.05) is 11.1 Å². The Morgan fingerprint density at radius 1 is 1.16 bits per heavy atom. The molecular weight excluding hydrogens is 420 g/mol. The highest BCUT2D eigenvalue weighted by atomic mass is 16.4. The highest BCUT2D eigenvalue weighted by Crippen LogP contribution is 2.12. The maximum Gasteiger partial charge on any atom is 0.320 e. The molecule has 32 heavy (non-hydrogen) atoms. The summed E-state index contributed by atoms with van der Waals surface area (Å²) in [5, 5.41) is 14.0. The molecule has 0 aliphatic rings. The zero-order valence-corrected chi connectivity index (χ0v) is 16.7. The van der Waals surface area contributed by atoms with Gasteiger partial charge in [0, 0.05) is 17.7 Å². The molecule has 8 N–H and O–H groups in total. The van der Waals surface area contributed by atoms with E-state index in [1.807, 2.05) is 0 Å². The molecule has 0 unspecified atom stereocenters. The minimum absolute atomic E-state index is 0.0441. The number of hydrogen-bond donors (Lipinski definition) is 6. The van der Waals surface area contributed by atoms with Crippen LogP contribution in [-0.4, -0.2) is 48.9 Å². The van der Waals surface area contributed by atoms with Gasteiger partial charge in [0.15, 0.2) is 11.2 Å². The van der Waals surface area contributed by atoms with Gasteiger partial charge >= 0.3 is 5.97 Å². The second-order valence-electron chi connectivity index (χ2n) is 6.78. The Balaban J connectivity index is 1.56. The van der Waals surface area contributed by atoms with Crippen molar-refractivity contribution in [2.24, 2.45) is 5.73 Å². The second-order valence-corrected chi connectivity index (χ2v) is 6.78. The number of carbonyl (C=O) groups is 3. The molecule has 0 aliphatic carbocycles. The molecule has 0 bridgehead atoms. The van der Waals surface area contributed by atoms with Crippen LogP contribution in [0.3, 0.4) is 0 Å². The highest BCUT2D eigenvalue weighted by molar-refractivity contribution is 6.04. The first kappa shape index (κ1) is 22.3. The minimum Gasteiger partial charge on any atom is -0.480 e. The number of aromatic amines is 1. The number of hydrogen-bond acceptors (Lipinski definition) is 10. The largest absolute Gasteiger partial charge is 0.480 e. The van der Waals surface area contributed by atoms with E-state index in [0.29, 0.717) is 11.4 Å². The van der Waals surface area contributed by atoms with E-state index in [1.54, 1.807) is 12.1 Å². The Morgan fingerprint density at radius 2 is 1.88 bits per heavy atom. The van der Waals surface area contributed by atoms with Gasteiger partial charge in [0.2, 0.25) is 11.9 Å². The number of aromatic nitrogens is 4. The predicted molar refractivity (Wildman–Crippen MR) is 113 cm³/mol. The summed E-state index contributed by atoms with van der Waals surface area (Å²) in [6.07, 6.45) is 1.20. The fourth-order valence-corrected chi connectivity index (χ4v) is 2.66. The molecule has 3 aromatic rings. The maximum absolute atomic E-state index is 12.1. The third-order valence-electron chi connectivity index (χ3n) is 4.36. The van der Waals surface area contributed by atoms with E-state index in [9.17, 15) is 19.2 Å². The Hall–Kier alpha value is -4.39. The summed E-state index contributed by atoms with van der Waals surface area (Å²) >= 11 is 0. The van der Waals surface area contributed by atoms with Crippen LogP contribution in [0.15, 0.2) is 35.3 Å². The molecule has 0 fully saturated rings. The topological polar surface area (TPSA) is 219 Å². The van der Waals surface area contributed by atoms with E-state index >= 15 is 0 Å². The zero-order valence-electron chi connectivity index (χ0n) is 16.7. The standard InChI is InChI=1S/C19H20N8O5/c20-12(18(31)32)5-6-13(28)25-16(29)9-1-3-10(4-2-9)22-7-11-8-23-15-14(24-11)17(30)27-19(21)26-15/h1-4,8,12,22H,5-7,20H2,(H,31,32)(H,25,28,29)(H3,21,23,26,27,30)/t12-/m0/s1. The Kier molecular flexibility index (Phi) is 6.70. The second kappa shape index (κ2) is 9.61. The number of imide groups is 1. The first-order valence-corrected chi connectivity index (χ1v) is 9.41. The van der Waals surface area contributed by atoms with E-state index in [0.717, 1.165) is 0 Å². The van der Waals surface area contributed by atoms with Crippen molar-refractivity contribution in [2.45, 2.75) is 25.4 Å². The monoisotopic (exact) mass is 440 g/mol. The first-order valence-electron chi connectivity index (χ1n) is 9.41. The quantitative estimate of drug-likeness (QED) is 0.258. The summed E-state index contributed by atoms with van der Waals surface area (Å²) in [4.78, 5) is 61.0. The van der Waals surface area contributed by atoms with Crippen LogP contribution < -0.4 is 27.7 Å². The molecule has 0 radical (unpaired) electrons. The van der Waals surface area contributed by atoms with E-state index < -0.39 is 29.4 Å². The van der Waals surface area contributed by atoms with Crippen LogP contribution in [0, 0.1) is 0 Å². The van der Waals surface area contributed by atoms with Crippen LogP contribution in [0.4, 0.5) is 11.6 Å². The van der Waals surface area contributed by atoms with Gasteiger partial charge in [0.05, 0.1) is 18.4 Å². The molecule has 0 saturated carbocycles. The lowest BCUT2D eigenvalue weighted by Gasteiger charge is -2.09. The highest BCUT2D eigenvalue weighted by Gasteiger charge is 2.15. The molecule has 0 spiro atoms. The van der Waals surface area contributed by atoms with Crippen molar-refractivity contribution in [1.82, 2.24) is 25.3 Å². The fraction of sp³-hybridized carbons (Fsp3) is 0.211. The van der Waals surface area contributed by atoms with Crippen LogP contribution in [0.1, 0.15) is 28.9 Å². The molecule has 2 heterocycles. The number of fused-ring (bicyclic) bond motifs is 1.